The smallest absolute Gasteiger partial charge is 0.239 e. The Morgan fingerprint density at radius 3 is 2.51 bits per heavy atom. The van der Waals surface area contributed by atoms with Gasteiger partial charge in [0.05, 0.1) is 45.3 Å². The highest BCUT2D eigenvalue weighted by atomic mass is 16.5. The van der Waals surface area contributed by atoms with Gasteiger partial charge in [0.2, 0.25) is 5.91 Å². The number of aromatic nitrogens is 1. The van der Waals surface area contributed by atoms with Gasteiger partial charge in [-0.3, -0.25) is 9.59 Å². The van der Waals surface area contributed by atoms with Crippen molar-refractivity contribution in [2.75, 3.05) is 44.6 Å². The molecule has 0 saturated carbocycles. The summed E-state index contributed by atoms with van der Waals surface area (Å²) in [7, 11) is 4.87. The standard InChI is InChI=1S/C36H40N4O5/c1-36(2)18-29-34(31(41)19-36)35(25-12-10-24(44-4)17-32(25)45-5)40(30-9-7-6-8-28(30)39-29)21-33(42)37-15-14-22-20-38-27-13-11-23(43-3)16-26(22)27/h6-13,16-17,20,35,38-39H,14-15,18-19,21H2,1-5H3,(H,37,42). The molecule has 0 radical (unpaired) electrons. The number of ether oxygens (including phenoxy) is 3. The zero-order chi connectivity index (χ0) is 31.7. The summed E-state index contributed by atoms with van der Waals surface area (Å²) in [6.07, 6.45) is 3.74. The van der Waals surface area contributed by atoms with Crippen molar-refractivity contribution in [2.45, 2.75) is 39.2 Å². The number of hydrogen-bond acceptors (Lipinski definition) is 7. The fraction of sp³-hybridized carbons (Fsp3) is 0.333. The normalized spacial score (nSPS) is 17.2. The molecule has 4 aromatic rings. The molecule has 6 rings (SSSR count). The van der Waals surface area contributed by atoms with Crippen LogP contribution in [0.1, 0.15) is 43.9 Å². The molecular weight excluding hydrogens is 568 g/mol. The number of fused-ring (bicyclic) bond motifs is 2. The molecule has 45 heavy (non-hydrogen) atoms. The maximum Gasteiger partial charge on any atom is 0.239 e. The molecule has 0 saturated heterocycles. The monoisotopic (exact) mass is 608 g/mol. The van der Waals surface area contributed by atoms with E-state index in [2.05, 4.69) is 29.5 Å². The predicted molar refractivity (Wildman–Crippen MR) is 176 cm³/mol. The number of ketones is 1. The molecule has 234 valence electrons. The first-order chi connectivity index (χ1) is 21.7. The predicted octanol–water partition coefficient (Wildman–Crippen LogP) is 6.17. The number of aromatic amines is 1. The number of nitrogens with zero attached hydrogens (tertiary/aromatic N) is 1. The Morgan fingerprint density at radius 2 is 1.73 bits per heavy atom. The molecule has 1 aliphatic carbocycles. The van der Waals surface area contributed by atoms with E-state index < -0.39 is 6.04 Å². The average molecular weight is 609 g/mol. The largest absolute Gasteiger partial charge is 0.497 e. The third-order valence-electron chi connectivity index (χ3n) is 8.74. The quantitative estimate of drug-likeness (QED) is 0.209. The van der Waals surface area contributed by atoms with Gasteiger partial charge < -0.3 is 34.7 Å². The van der Waals surface area contributed by atoms with Gasteiger partial charge in [0, 0.05) is 53.0 Å². The molecule has 2 heterocycles. The van der Waals surface area contributed by atoms with Crippen molar-refractivity contribution in [2.24, 2.45) is 5.41 Å². The first-order valence-electron chi connectivity index (χ1n) is 15.2. The number of anilines is 2. The summed E-state index contributed by atoms with van der Waals surface area (Å²) in [6, 6.07) is 18.9. The fourth-order valence-corrected chi connectivity index (χ4v) is 6.63. The highest BCUT2D eigenvalue weighted by Crippen LogP contribution is 2.50. The lowest BCUT2D eigenvalue weighted by Gasteiger charge is -2.38. The zero-order valence-corrected chi connectivity index (χ0v) is 26.5. The zero-order valence-electron chi connectivity index (χ0n) is 26.5. The van der Waals surface area contributed by atoms with E-state index in [-0.39, 0.29) is 23.7 Å². The molecule has 1 aromatic heterocycles. The van der Waals surface area contributed by atoms with E-state index in [9.17, 15) is 9.59 Å². The van der Waals surface area contributed by atoms with Crippen molar-refractivity contribution < 1.29 is 23.8 Å². The maximum absolute atomic E-state index is 14.0. The van der Waals surface area contributed by atoms with Crippen LogP contribution < -0.4 is 29.7 Å². The van der Waals surface area contributed by atoms with Gasteiger partial charge in [-0.05, 0) is 66.3 Å². The number of para-hydroxylation sites is 2. The second-order valence-electron chi connectivity index (χ2n) is 12.4. The second kappa shape index (κ2) is 12.2. The molecule has 1 aliphatic heterocycles. The number of carbonyl (C=O) groups is 2. The van der Waals surface area contributed by atoms with Crippen LogP contribution in [0.5, 0.6) is 17.2 Å². The molecule has 1 atom stereocenters. The summed E-state index contributed by atoms with van der Waals surface area (Å²) >= 11 is 0. The van der Waals surface area contributed by atoms with Gasteiger partial charge in [-0.25, -0.2) is 0 Å². The van der Waals surface area contributed by atoms with Crippen LogP contribution in [0.2, 0.25) is 0 Å². The van der Waals surface area contributed by atoms with E-state index in [0.29, 0.717) is 42.9 Å². The molecule has 3 N–H and O–H groups in total. The van der Waals surface area contributed by atoms with Crippen LogP contribution in [0, 0.1) is 5.41 Å². The second-order valence-corrected chi connectivity index (χ2v) is 12.4. The van der Waals surface area contributed by atoms with Gasteiger partial charge in [-0.1, -0.05) is 26.0 Å². The van der Waals surface area contributed by atoms with Crippen molar-refractivity contribution in [3.63, 3.8) is 0 Å². The summed E-state index contributed by atoms with van der Waals surface area (Å²) < 4.78 is 16.8. The minimum atomic E-state index is -0.563. The Morgan fingerprint density at radius 1 is 0.978 bits per heavy atom. The Bertz CT molecular complexity index is 1790. The Labute approximate surface area is 263 Å². The Kier molecular flexibility index (Phi) is 8.18. The summed E-state index contributed by atoms with van der Waals surface area (Å²) in [6.45, 7) is 4.72. The van der Waals surface area contributed by atoms with E-state index in [1.807, 2.05) is 71.8 Å². The number of benzene rings is 3. The molecule has 9 heteroatoms. The van der Waals surface area contributed by atoms with E-state index in [1.54, 1.807) is 21.3 Å². The molecule has 9 nitrogen and oxygen atoms in total. The lowest BCUT2D eigenvalue weighted by molar-refractivity contribution is -0.120. The molecule has 1 unspecified atom stereocenters. The van der Waals surface area contributed by atoms with Crippen LogP contribution in [0.4, 0.5) is 11.4 Å². The number of H-pyrrole nitrogens is 1. The van der Waals surface area contributed by atoms with Crippen LogP contribution in [-0.2, 0) is 16.0 Å². The van der Waals surface area contributed by atoms with Gasteiger partial charge in [0.15, 0.2) is 5.78 Å². The molecule has 0 spiro atoms. The van der Waals surface area contributed by atoms with Crippen molar-refractivity contribution in [3.8, 4) is 17.2 Å². The number of amides is 1. The highest BCUT2D eigenvalue weighted by molar-refractivity contribution is 6.02. The minimum Gasteiger partial charge on any atom is -0.497 e. The summed E-state index contributed by atoms with van der Waals surface area (Å²) in [4.78, 5) is 33.1. The number of carbonyl (C=O) groups excluding carboxylic acids is 2. The molecular formula is C36H40N4O5. The number of rotatable bonds is 9. The van der Waals surface area contributed by atoms with Crippen molar-refractivity contribution in [3.05, 3.63) is 89.3 Å². The van der Waals surface area contributed by atoms with Gasteiger partial charge in [0.1, 0.15) is 17.2 Å². The van der Waals surface area contributed by atoms with Gasteiger partial charge in [-0.15, -0.1) is 0 Å². The summed E-state index contributed by atoms with van der Waals surface area (Å²) in [5, 5.41) is 7.80. The molecule has 0 bridgehead atoms. The topological polar surface area (TPSA) is 105 Å². The highest BCUT2D eigenvalue weighted by Gasteiger charge is 2.42. The van der Waals surface area contributed by atoms with Crippen LogP contribution in [0.25, 0.3) is 10.9 Å². The Hall–Kier alpha value is -4.92. The van der Waals surface area contributed by atoms with E-state index in [1.165, 1.54) is 0 Å². The van der Waals surface area contributed by atoms with Crippen LogP contribution in [-0.4, -0.2) is 51.1 Å². The first-order valence-corrected chi connectivity index (χ1v) is 15.2. The van der Waals surface area contributed by atoms with E-state index in [4.69, 9.17) is 14.2 Å². The third kappa shape index (κ3) is 5.94. The van der Waals surface area contributed by atoms with Crippen LogP contribution >= 0.6 is 0 Å². The third-order valence-corrected chi connectivity index (χ3v) is 8.74. The van der Waals surface area contributed by atoms with Crippen molar-refractivity contribution in [1.29, 1.82) is 0 Å². The van der Waals surface area contributed by atoms with Gasteiger partial charge in [0.25, 0.3) is 0 Å². The lowest BCUT2D eigenvalue weighted by Crippen LogP contribution is -2.42. The average Bonchev–Trinajstić information content (AvgIpc) is 3.37. The maximum atomic E-state index is 14.0. The molecule has 1 amide bonds. The minimum absolute atomic E-state index is 0.0354. The van der Waals surface area contributed by atoms with Crippen molar-refractivity contribution >= 4 is 34.0 Å². The number of Topliss-reactive ketones (excluding diaryl/α,β-unsaturated/α-hetero) is 1. The van der Waals surface area contributed by atoms with Crippen LogP contribution in [0.15, 0.2) is 78.1 Å². The molecule has 2 aliphatic rings. The Balaban J connectivity index is 1.35. The first kappa shape index (κ1) is 30.1. The SMILES string of the molecule is COc1ccc(C2C3=C(CC(C)(C)CC3=O)Nc3ccccc3N2CC(=O)NCCc2c[nH]c3ccc(OC)cc23)c(OC)c1. The van der Waals surface area contributed by atoms with E-state index >= 15 is 0 Å². The number of allylic oxidation sites excluding steroid dienone is 1. The van der Waals surface area contributed by atoms with Crippen LogP contribution in [0.3, 0.4) is 0 Å². The van der Waals surface area contributed by atoms with Gasteiger partial charge in [-0.2, -0.15) is 0 Å². The number of methoxy groups -OCH3 is 3. The lowest BCUT2D eigenvalue weighted by atomic mass is 9.73. The molecule has 3 aromatic carbocycles. The fourth-order valence-electron chi connectivity index (χ4n) is 6.63. The summed E-state index contributed by atoms with van der Waals surface area (Å²) in [5.41, 5.74) is 5.93. The number of nitrogens with one attached hydrogen (secondary N) is 3. The number of hydrogen-bond donors (Lipinski definition) is 3. The van der Waals surface area contributed by atoms with Gasteiger partial charge >= 0.3 is 0 Å². The van der Waals surface area contributed by atoms with Crippen molar-refractivity contribution in [1.82, 2.24) is 10.3 Å². The van der Waals surface area contributed by atoms with E-state index in [0.717, 1.165) is 44.9 Å². The molecule has 0 fully saturated rings. The summed E-state index contributed by atoms with van der Waals surface area (Å²) in [5.74, 6) is 1.93.